The van der Waals surface area contributed by atoms with E-state index in [2.05, 4.69) is 0 Å². The number of aromatic hydroxyl groups is 2. The van der Waals surface area contributed by atoms with Crippen LogP contribution in [0.2, 0.25) is 0 Å². The third kappa shape index (κ3) is 3.10. The standard InChI is InChI=1S/C16H15N3O7/c1-3-25-16(22)12-7(2)26-15(18)9(6-17)13(12)8-4-10(19(23)24)14(21)11(20)5-8/h4-5,13,20-21H,3,18H2,1-2H3. The van der Waals surface area contributed by atoms with Crippen molar-refractivity contribution in [2.45, 2.75) is 19.8 Å². The number of nitro benzene ring substituents is 1. The van der Waals surface area contributed by atoms with Gasteiger partial charge in [0.05, 0.1) is 23.0 Å². The van der Waals surface area contributed by atoms with E-state index < -0.39 is 34.0 Å². The summed E-state index contributed by atoms with van der Waals surface area (Å²) in [5, 5.41) is 40.0. The molecule has 1 atom stereocenters. The first kappa shape index (κ1) is 18.6. The molecule has 26 heavy (non-hydrogen) atoms. The van der Waals surface area contributed by atoms with Gasteiger partial charge in [0.25, 0.3) is 0 Å². The molecule has 0 aliphatic carbocycles. The second-order valence-electron chi connectivity index (χ2n) is 5.28. The first-order chi connectivity index (χ1) is 12.2. The van der Waals surface area contributed by atoms with Crippen molar-refractivity contribution in [3.05, 3.63) is 50.6 Å². The predicted molar refractivity (Wildman–Crippen MR) is 86.4 cm³/mol. The van der Waals surface area contributed by atoms with Crippen molar-refractivity contribution >= 4 is 11.7 Å². The van der Waals surface area contributed by atoms with Crippen LogP contribution in [0.25, 0.3) is 0 Å². The van der Waals surface area contributed by atoms with Gasteiger partial charge >= 0.3 is 11.7 Å². The average molecular weight is 361 g/mol. The maximum absolute atomic E-state index is 12.4. The van der Waals surface area contributed by atoms with Crippen LogP contribution in [0.3, 0.4) is 0 Å². The molecular weight excluding hydrogens is 346 g/mol. The molecule has 1 unspecified atom stereocenters. The largest absolute Gasteiger partial charge is 0.504 e. The lowest BCUT2D eigenvalue weighted by molar-refractivity contribution is -0.386. The number of nitrogens with two attached hydrogens (primary N) is 1. The number of phenolic OH excluding ortho intramolecular Hbond substituents is 2. The van der Waals surface area contributed by atoms with Crippen LogP contribution < -0.4 is 5.73 Å². The molecule has 0 radical (unpaired) electrons. The number of hydrogen-bond donors (Lipinski definition) is 3. The van der Waals surface area contributed by atoms with Gasteiger partial charge in [0.15, 0.2) is 5.75 Å². The Kier molecular flexibility index (Phi) is 5.02. The molecule has 0 saturated carbocycles. The summed E-state index contributed by atoms with van der Waals surface area (Å²) in [5.74, 6) is -3.90. The highest BCUT2D eigenvalue weighted by molar-refractivity contribution is 5.92. The quantitative estimate of drug-likeness (QED) is 0.312. The van der Waals surface area contributed by atoms with E-state index in [1.54, 1.807) is 13.0 Å². The van der Waals surface area contributed by atoms with Crippen molar-refractivity contribution in [3.8, 4) is 17.6 Å². The molecule has 10 heteroatoms. The van der Waals surface area contributed by atoms with Gasteiger partial charge in [-0.25, -0.2) is 4.79 Å². The normalized spacial score (nSPS) is 16.7. The lowest BCUT2D eigenvalue weighted by Gasteiger charge is -2.26. The minimum Gasteiger partial charge on any atom is -0.504 e. The van der Waals surface area contributed by atoms with Gasteiger partial charge < -0.3 is 25.4 Å². The smallest absolute Gasteiger partial charge is 0.338 e. The number of benzene rings is 1. The fourth-order valence-electron chi connectivity index (χ4n) is 2.62. The van der Waals surface area contributed by atoms with Gasteiger partial charge in [-0.05, 0) is 25.5 Å². The van der Waals surface area contributed by atoms with Crippen molar-refractivity contribution in [2.24, 2.45) is 5.73 Å². The fraction of sp³-hybridized carbons (Fsp3) is 0.250. The summed E-state index contributed by atoms with van der Waals surface area (Å²) in [6.45, 7) is 3.05. The van der Waals surface area contributed by atoms with E-state index in [1.807, 2.05) is 0 Å². The van der Waals surface area contributed by atoms with Crippen LogP contribution in [0.5, 0.6) is 11.5 Å². The lowest BCUT2D eigenvalue weighted by atomic mass is 9.82. The number of phenols is 2. The number of hydrogen-bond acceptors (Lipinski definition) is 9. The van der Waals surface area contributed by atoms with E-state index in [-0.39, 0.29) is 35.0 Å². The molecule has 1 heterocycles. The number of nitro groups is 1. The van der Waals surface area contributed by atoms with Crippen molar-refractivity contribution in [1.82, 2.24) is 0 Å². The summed E-state index contributed by atoms with van der Waals surface area (Å²) in [6.07, 6.45) is 0. The first-order valence-electron chi connectivity index (χ1n) is 7.38. The number of nitriles is 1. The van der Waals surface area contributed by atoms with Crippen LogP contribution >= 0.6 is 0 Å². The Morgan fingerprint density at radius 3 is 2.69 bits per heavy atom. The van der Waals surface area contributed by atoms with Gasteiger partial charge in [0.1, 0.15) is 17.4 Å². The topological polar surface area (TPSA) is 169 Å². The van der Waals surface area contributed by atoms with Crippen LogP contribution in [0, 0.1) is 21.4 Å². The number of carbonyl (C=O) groups excluding carboxylic acids is 1. The molecule has 2 rings (SSSR count). The molecular formula is C16H15N3O7. The molecule has 1 aliphatic heterocycles. The van der Waals surface area contributed by atoms with Crippen molar-refractivity contribution < 1.29 is 29.4 Å². The Labute approximate surface area is 147 Å². The summed E-state index contributed by atoms with van der Waals surface area (Å²) in [6, 6.07) is 3.76. The van der Waals surface area contributed by atoms with E-state index >= 15 is 0 Å². The highest BCUT2D eigenvalue weighted by atomic mass is 16.6. The van der Waals surface area contributed by atoms with Crippen LogP contribution in [0.1, 0.15) is 25.3 Å². The minimum absolute atomic E-state index is 0.00259. The Bertz CT molecular complexity index is 896. The van der Waals surface area contributed by atoms with Crippen LogP contribution in [-0.2, 0) is 14.3 Å². The van der Waals surface area contributed by atoms with Crippen LogP contribution in [-0.4, -0.2) is 27.7 Å². The maximum atomic E-state index is 12.4. The molecule has 0 amide bonds. The first-order valence-corrected chi connectivity index (χ1v) is 7.38. The predicted octanol–water partition coefficient (Wildman–Crippen LogP) is 1.65. The molecule has 1 aromatic carbocycles. The molecule has 1 aromatic rings. The van der Waals surface area contributed by atoms with Gasteiger partial charge in [-0.2, -0.15) is 5.26 Å². The van der Waals surface area contributed by atoms with Crippen molar-refractivity contribution in [2.75, 3.05) is 6.61 Å². The van der Waals surface area contributed by atoms with Gasteiger partial charge in [-0.3, -0.25) is 10.1 Å². The third-order valence-corrected chi connectivity index (χ3v) is 3.72. The van der Waals surface area contributed by atoms with E-state index in [0.717, 1.165) is 12.1 Å². The molecule has 0 spiro atoms. The molecule has 0 saturated heterocycles. The molecule has 0 aromatic heterocycles. The number of ether oxygens (including phenoxy) is 2. The van der Waals surface area contributed by atoms with E-state index in [4.69, 9.17) is 15.2 Å². The van der Waals surface area contributed by atoms with Gasteiger partial charge in [-0.15, -0.1) is 0 Å². The van der Waals surface area contributed by atoms with Gasteiger partial charge in [-0.1, -0.05) is 0 Å². The Hall–Kier alpha value is -3.74. The second-order valence-corrected chi connectivity index (χ2v) is 5.28. The maximum Gasteiger partial charge on any atom is 0.338 e. The highest BCUT2D eigenvalue weighted by Gasteiger charge is 2.38. The zero-order valence-corrected chi connectivity index (χ0v) is 13.8. The van der Waals surface area contributed by atoms with Crippen LogP contribution in [0.4, 0.5) is 5.69 Å². The van der Waals surface area contributed by atoms with Gasteiger partial charge in [0, 0.05) is 6.07 Å². The number of allylic oxidation sites excluding steroid dienone is 2. The second kappa shape index (κ2) is 7.02. The molecule has 0 fully saturated rings. The molecule has 136 valence electrons. The fourth-order valence-corrected chi connectivity index (χ4v) is 2.62. The van der Waals surface area contributed by atoms with E-state index in [9.17, 15) is 30.4 Å². The van der Waals surface area contributed by atoms with E-state index in [1.165, 1.54) is 6.92 Å². The lowest BCUT2D eigenvalue weighted by Crippen LogP contribution is -2.25. The molecule has 1 aliphatic rings. The number of carbonyl (C=O) groups is 1. The minimum atomic E-state index is -1.17. The Balaban J connectivity index is 2.76. The van der Waals surface area contributed by atoms with E-state index in [0.29, 0.717) is 0 Å². The van der Waals surface area contributed by atoms with Gasteiger partial charge in [0.2, 0.25) is 11.6 Å². The van der Waals surface area contributed by atoms with Crippen molar-refractivity contribution in [3.63, 3.8) is 0 Å². The summed E-state index contributed by atoms with van der Waals surface area (Å²) in [7, 11) is 0. The summed E-state index contributed by atoms with van der Waals surface area (Å²) >= 11 is 0. The highest BCUT2D eigenvalue weighted by Crippen LogP contribution is 2.44. The summed E-state index contributed by atoms with van der Waals surface area (Å²) in [4.78, 5) is 22.6. The number of nitrogens with zero attached hydrogens (tertiary/aromatic N) is 2. The number of rotatable bonds is 4. The molecule has 10 nitrogen and oxygen atoms in total. The average Bonchev–Trinajstić information content (AvgIpc) is 2.56. The SMILES string of the molecule is CCOC(=O)C1=C(C)OC(N)=C(C#N)C1c1cc(O)c(O)c([N+](=O)[O-])c1. The van der Waals surface area contributed by atoms with Crippen molar-refractivity contribution in [1.29, 1.82) is 5.26 Å². The summed E-state index contributed by atoms with van der Waals surface area (Å²) < 4.78 is 10.2. The Morgan fingerprint density at radius 1 is 1.50 bits per heavy atom. The molecule has 4 N–H and O–H groups in total. The monoisotopic (exact) mass is 361 g/mol. The third-order valence-electron chi connectivity index (χ3n) is 3.72. The Morgan fingerprint density at radius 2 is 2.15 bits per heavy atom. The number of esters is 1. The summed E-state index contributed by atoms with van der Waals surface area (Å²) in [5.41, 5.74) is 4.65. The van der Waals surface area contributed by atoms with Crippen LogP contribution in [0.15, 0.2) is 34.9 Å². The zero-order chi connectivity index (χ0) is 19.6. The zero-order valence-electron chi connectivity index (χ0n) is 13.8. The molecule has 0 bridgehead atoms.